The molecule has 0 saturated heterocycles. The highest BCUT2D eigenvalue weighted by Gasteiger charge is 2.16. The van der Waals surface area contributed by atoms with Gasteiger partial charge in [-0.3, -0.25) is 0 Å². The summed E-state index contributed by atoms with van der Waals surface area (Å²) >= 11 is 6.36. The summed E-state index contributed by atoms with van der Waals surface area (Å²) in [5.74, 6) is 0. The van der Waals surface area contributed by atoms with E-state index in [0.29, 0.717) is 0 Å². The van der Waals surface area contributed by atoms with E-state index < -0.39 is 0 Å². The second kappa shape index (κ2) is 4.71. The SMILES string of the molecule is CCC(C)(C)NCc1[nH]c2ccccc2c1Cl. The summed E-state index contributed by atoms with van der Waals surface area (Å²) in [7, 11) is 0. The Morgan fingerprint density at radius 1 is 1.29 bits per heavy atom. The molecular formula is C14H19ClN2. The van der Waals surface area contributed by atoms with Gasteiger partial charge in [-0.25, -0.2) is 0 Å². The lowest BCUT2D eigenvalue weighted by Gasteiger charge is -2.24. The van der Waals surface area contributed by atoms with Gasteiger partial charge in [0, 0.05) is 28.7 Å². The first-order chi connectivity index (χ1) is 8.03. The van der Waals surface area contributed by atoms with Crippen LogP contribution in [0.15, 0.2) is 24.3 Å². The van der Waals surface area contributed by atoms with Crippen LogP contribution < -0.4 is 5.32 Å². The van der Waals surface area contributed by atoms with E-state index in [1.54, 1.807) is 0 Å². The molecule has 1 aromatic carbocycles. The number of hydrogen-bond donors (Lipinski definition) is 2. The highest BCUT2D eigenvalue weighted by atomic mass is 35.5. The number of fused-ring (bicyclic) bond motifs is 1. The van der Waals surface area contributed by atoms with Gasteiger partial charge < -0.3 is 10.3 Å². The predicted molar refractivity (Wildman–Crippen MR) is 74.5 cm³/mol. The summed E-state index contributed by atoms with van der Waals surface area (Å²) in [6, 6.07) is 8.12. The summed E-state index contributed by atoms with van der Waals surface area (Å²) in [5.41, 5.74) is 2.30. The van der Waals surface area contributed by atoms with Crippen LogP contribution in [0.4, 0.5) is 0 Å². The molecule has 2 rings (SSSR count). The van der Waals surface area contributed by atoms with Crippen LogP contribution in [0.3, 0.4) is 0 Å². The summed E-state index contributed by atoms with van der Waals surface area (Å²) in [4.78, 5) is 3.37. The predicted octanol–water partition coefficient (Wildman–Crippen LogP) is 4.10. The minimum absolute atomic E-state index is 0.140. The summed E-state index contributed by atoms with van der Waals surface area (Å²) < 4.78 is 0. The van der Waals surface area contributed by atoms with Crippen molar-refractivity contribution in [2.45, 2.75) is 39.3 Å². The largest absolute Gasteiger partial charge is 0.356 e. The molecule has 3 heteroatoms. The normalized spacial score (nSPS) is 12.2. The Labute approximate surface area is 107 Å². The van der Waals surface area contributed by atoms with Crippen molar-refractivity contribution < 1.29 is 0 Å². The third-order valence-corrected chi connectivity index (χ3v) is 3.77. The Balaban J connectivity index is 2.22. The number of hydrogen-bond acceptors (Lipinski definition) is 1. The summed E-state index contributed by atoms with van der Waals surface area (Å²) in [5, 5.41) is 5.44. The first-order valence-corrected chi connectivity index (χ1v) is 6.41. The molecule has 0 bridgehead atoms. The Morgan fingerprint density at radius 3 is 2.65 bits per heavy atom. The molecule has 92 valence electrons. The average molecular weight is 251 g/mol. The lowest BCUT2D eigenvalue weighted by molar-refractivity contribution is 0.373. The van der Waals surface area contributed by atoms with Gasteiger partial charge in [0.25, 0.3) is 0 Å². The maximum absolute atomic E-state index is 6.36. The van der Waals surface area contributed by atoms with Gasteiger partial charge in [0.05, 0.1) is 5.02 Å². The van der Waals surface area contributed by atoms with Crippen LogP contribution in [0.2, 0.25) is 5.02 Å². The molecule has 2 nitrogen and oxygen atoms in total. The number of halogens is 1. The topological polar surface area (TPSA) is 27.8 Å². The molecule has 0 fully saturated rings. The van der Waals surface area contributed by atoms with Crippen LogP contribution in [0.25, 0.3) is 10.9 Å². The molecule has 0 saturated carbocycles. The maximum atomic E-state index is 6.36. The Hall–Kier alpha value is -0.990. The van der Waals surface area contributed by atoms with Crippen molar-refractivity contribution >= 4 is 22.5 Å². The molecule has 0 atom stereocenters. The smallest absolute Gasteiger partial charge is 0.0705 e. The lowest BCUT2D eigenvalue weighted by atomic mass is 10.0. The average Bonchev–Trinajstić information content (AvgIpc) is 2.65. The van der Waals surface area contributed by atoms with Gasteiger partial charge in [0.15, 0.2) is 0 Å². The molecule has 0 unspecified atom stereocenters. The van der Waals surface area contributed by atoms with E-state index in [-0.39, 0.29) is 5.54 Å². The standard InChI is InChI=1S/C14H19ClN2/c1-4-14(2,3)16-9-12-13(15)10-7-5-6-8-11(10)17-12/h5-8,16-17H,4,9H2,1-3H3. The third kappa shape index (κ3) is 2.64. The summed E-state index contributed by atoms with van der Waals surface area (Å²) in [6.07, 6.45) is 1.09. The fourth-order valence-corrected chi connectivity index (χ4v) is 2.02. The van der Waals surface area contributed by atoms with Crippen LogP contribution in [-0.4, -0.2) is 10.5 Å². The zero-order chi connectivity index (χ0) is 12.5. The van der Waals surface area contributed by atoms with Gasteiger partial charge in [0.2, 0.25) is 0 Å². The molecule has 17 heavy (non-hydrogen) atoms. The highest BCUT2D eigenvalue weighted by molar-refractivity contribution is 6.36. The van der Waals surface area contributed by atoms with Crippen molar-refractivity contribution in [1.82, 2.24) is 10.3 Å². The van der Waals surface area contributed by atoms with E-state index in [1.165, 1.54) is 0 Å². The molecule has 2 N–H and O–H groups in total. The van der Waals surface area contributed by atoms with Crippen LogP contribution >= 0.6 is 11.6 Å². The molecule has 2 aromatic rings. The number of para-hydroxylation sites is 1. The minimum atomic E-state index is 0.140. The van der Waals surface area contributed by atoms with E-state index in [1.807, 2.05) is 18.2 Å². The summed E-state index contributed by atoms with van der Waals surface area (Å²) in [6.45, 7) is 7.35. The highest BCUT2D eigenvalue weighted by Crippen LogP contribution is 2.27. The van der Waals surface area contributed by atoms with Gasteiger partial charge in [-0.15, -0.1) is 0 Å². The first kappa shape index (κ1) is 12.5. The van der Waals surface area contributed by atoms with E-state index >= 15 is 0 Å². The second-order valence-corrected chi connectivity index (χ2v) is 5.43. The number of aromatic amines is 1. The molecule has 1 aromatic heterocycles. The molecule has 0 aliphatic rings. The van der Waals surface area contributed by atoms with Crippen LogP contribution in [0.5, 0.6) is 0 Å². The molecule has 1 heterocycles. The van der Waals surface area contributed by atoms with E-state index in [2.05, 4.69) is 37.1 Å². The van der Waals surface area contributed by atoms with Crippen molar-refractivity contribution in [1.29, 1.82) is 0 Å². The van der Waals surface area contributed by atoms with Gasteiger partial charge in [-0.05, 0) is 26.3 Å². The van der Waals surface area contributed by atoms with Crippen molar-refractivity contribution in [3.8, 4) is 0 Å². The van der Waals surface area contributed by atoms with E-state index in [4.69, 9.17) is 11.6 Å². The van der Waals surface area contributed by atoms with Crippen LogP contribution in [-0.2, 0) is 6.54 Å². The molecule has 0 amide bonds. The van der Waals surface area contributed by atoms with Gasteiger partial charge in [-0.2, -0.15) is 0 Å². The first-order valence-electron chi connectivity index (χ1n) is 6.03. The number of rotatable bonds is 4. The molecule has 0 aliphatic carbocycles. The third-order valence-electron chi connectivity index (χ3n) is 3.34. The Kier molecular flexibility index (Phi) is 3.45. The zero-order valence-electron chi connectivity index (χ0n) is 10.6. The molecule has 0 radical (unpaired) electrons. The van der Waals surface area contributed by atoms with Crippen LogP contribution in [0, 0.1) is 0 Å². The van der Waals surface area contributed by atoms with Crippen molar-refractivity contribution in [3.05, 3.63) is 35.0 Å². The monoisotopic (exact) mass is 250 g/mol. The number of nitrogens with one attached hydrogen (secondary N) is 2. The quantitative estimate of drug-likeness (QED) is 0.840. The van der Waals surface area contributed by atoms with Crippen LogP contribution in [0.1, 0.15) is 32.9 Å². The minimum Gasteiger partial charge on any atom is -0.356 e. The van der Waals surface area contributed by atoms with Gasteiger partial charge in [-0.1, -0.05) is 36.7 Å². The zero-order valence-corrected chi connectivity index (χ0v) is 11.4. The van der Waals surface area contributed by atoms with Crippen molar-refractivity contribution in [3.63, 3.8) is 0 Å². The fourth-order valence-electron chi connectivity index (χ4n) is 1.74. The molecule has 0 aliphatic heterocycles. The second-order valence-electron chi connectivity index (χ2n) is 5.05. The van der Waals surface area contributed by atoms with Crippen molar-refractivity contribution in [2.24, 2.45) is 0 Å². The number of benzene rings is 1. The van der Waals surface area contributed by atoms with E-state index in [0.717, 1.165) is 34.6 Å². The molecule has 0 spiro atoms. The Morgan fingerprint density at radius 2 is 2.00 bits per heavy atom. The fraction of sp³-hybridized carbons (Fsp3) is 0.429. The Bertz CT molecular complexity index is 514. The van der Waals surface area contributed by atoms with Gasteiger partial charge in [0.1, 0.15) is 0 Å². The number of aromatic nitrogens is 1. The van der Waals surface area contributed by atoms with Crippen molar-refractivity contribution in [2.75, 3.05) is 0 Å². The van der Waals surface area contributed by atoms with E-state index in [9.17, 15) is 0 Å². The lowest BCUT2D eigenvalue weighted by Crippen LogP contribution is -2.37. The maximum Gasteiger partial charge on any atom is 0.0705 e. The number of H-pyrrole nitrogens is 1. The molecular weight excluding hydrogens is 232 g/mol. The van der Waals surface area contributed by atoms with Gasteiger partial charge >= 0.3 is 0 Å².